The fourth-order valence-electron chi connectivity index (χ4n) is 1.90. The number of nitriles is 2. The minimum Gasteiger partial charge on any atom is -0.321 e. The predicted molar refractivity (Wildman–Crippen MR) is 89.3 cm³/mol. The Morgan fingerprint density at radius 2 is 1.96 bits per heavy atom. The van der Waals surface area contributed by atoms with Crippen molar-refractivity contribution >= 4 is 34.3 Å². The average Bonchev–Trinajstić information content (AvgIpc) is 3.25. The van der Waals surface area contributed by atoms with Crippen LogP contribution in [0.2, 0.25) is 0 Å². The zero-order chi connectivity index (χ0) is 16.2. The summed E-state index contributed by atoms with van der Waals surface area (Å²) in [4.78, 5) is 16.6. The van der Waals surface area contributed by atoms with Gasteiger partial charge in [-0.2, -0.15) is 21.9 Å². The highest BCUT2D eigenvalue weighted by molar-refractivity contribution is 7.14. The van der Waals surface area contributed by atoms with Gasteiger partial charge in [0, 0.05) is 22.0 Å². The summed E-state index contributed by atoms with van der Waals surface area (Å²) in [6, 6.07) is 10.4. The Labute approximate surface area is 140 Å². The van der Waals surface area contributed by atoms with Crippen molar-refractivity contribution in [1.82, 2.24) is 4.98 Å². The summed E-state index contributed by atoms with van der Waals surface area (Å²) in [5.74, 6) is -0.351. The third-order valence-electron chi connectivity index (χ3n) is 3.02. The van der Waals surface area contributed by atoms with E-state index in [1.165, 1.54) is 23.5 Å². The Kier molecular flexibility index (Phi) is 4.15. The smallest absolute Gasteiger partial charge is 0.275 e. The van der Waals surface area contributed by atoms with Crippen LogP contribution >= 0.6 is 22.7 Å². The zero-order valence-corrected chi connectivity index (χ0v) is 13.2. The monoisotopic (exact) mass is 336 g/mol. The average molecular weight is 336 g/mol. The van der Waals surface area contributed by atoms with Gasteiger partial charge in [-0.3, -0.25) is 4.79 Å². The Bertz CT molecular complexity index is 945. The lowest BCUT2D eigenvalue weighted by atomic mass is 10.1. The molecule has 0 fully saturated rings. The van der Waals surface area contributed by atoms with Gasteiger partial charge in [0.1, 0.15) is 22.8 Å². The van der Waals surface area contributed by atoms with Gasteiger partial charge < -0.3 is 5.32 Å². The van der Waals surface area contributed by atoms with Crippen molar-refractivity contribution in [3.8, 4) is 22.7 Å². The van der Waals surface area contributed by atoms with Crippen LogP contribution in [0.25, 0.3) is 10.6 Å². The lowest BCUT2D eigenvalue weighted by molar-refractivity contribution is 0.102. The summed E-state index contributed by atoms with van der Waals surface area (Å²) in [5, 5.41) is 27.0. The molecule has 3 aromatic rings. The van der Waals surface area contributed by atoms with Crippen LogP contribution in [-0.4, -0.2) is 10.9 Å². The second kappa shape index (κ2) is 6.41. The molecule has 0 atom stereocenters. The van der Waals surface area contributed by atoms with Gasteiger partial charge in [0.05, 0.1) is 11.1 Å². The molecule has 7 heteroatoms. The summed E-state index contributed by atoms with van der Waals surface area (Å²) in [6.07, 6.45) is 0. The molecule has 110 valence electrons. The quantitative estimate of drug-likeness (QED) is 0.786. The van der Waals surface area contributed by atoms with Gasteiger partial charge in [-0.05, 0) is 29.6 Å². The Balaban J connectivity index is 1.80. The molecule has 1 amide bonds. The molecular formula is C16H8N4OS2. The maximum absolute atomic E-state index is 12.2. The molecule has 1 aromatic carbocycles. The summed E-state index contributed by atoms with van der Waals surface area (Å²) >= 11 is 2.97. The first-order valence-corrected chi connectivity index (χ1v) is 8.27. The maximum atomic E-state index is 12.2. The minimum absolute atomic E-state index is 0.225. The SMILES string of the molecule is N#Cc1ccc(NC(=O)c2csc(-c3ccsc3)n2)cc1C#N. The highest BCUT2D eigenvalue weighted by Crippen LogP contribution is 2.26. The Morgan fingerprint density at radius 3 is 2.65 bits per heavy atom. The zero-order valence-electron chi connectivity index (χ0n) is 11.6. The number of rotatable bonds is 3. The lowest BCUT2D eigenvalue weighted by Crippen LogP contribution is -2.12. The Morgan fingerprint density at radius 1 is 1.13 bits per heavy atom. The number of aromatic nitrogens is 1. The van der Waals surface area contributed by atoms with E-state index in [1.807, 2.05) is 29.0 Å². The third kappa shape index (κ3) is 3.11. The van der Waals surface area contributed by atoms with Gasteiger partial charge in [-0.15, -0.1) is 11.3 Å². The normalized spacial score (nSPS) is 9.83. The lowest BCUT2D eigenvalue weighted by Gasteiger charge is -2.04. The molecule has 0 bridgehead atoms. The van der Waals surface area contributed by atoms with Gasteiger partial charge in [0.2, 0.25) is 0 Å². The van der Waals surface area contributed by atoms with Crippen LogP contribution in [0.5, 0.6) is 0 Å². The molecule has 5 nitrogen and oxygen atoms in total. The fraction of sp³-hybridized carbons (Fsp3) is 0. The second-order valence-corrected chi connectivity index (χ2v) is 6.13. The molecule has 0 radical (unpaired) electrons. The number of nitrogens with zero attached hydrogens (tertiary/aromatic N) is 3. The van der Waals surface area contributed by atoms with E-state index in [2.05, 4.69) is 10.3 Å². The van der Waals surface area contributed by atoms with Crippen molar-refractivity contribution in [3.63, 3.8) is 0 Å². The van der Waals surface area contributed by atoms with Crippen molar-refractivity contribution in [1.29, 1.82) is 10.5 Å². The topological polar surface area (TPSA) is 89.6 Å². The van der Waals surface area contributed by atoms with Crippen molar-refractivity contribution in [2.75, 3.05) is 5.32 Å². The molecule has 2 aromatic heterocycles. The number of thiophene rings is 1. The summed E-state index contributed by atoms with van der Waals surface area (Å²) in [7, 11) is 0. The largest absolute Gasteiger partial charge is 0.321 e. The van der Waals surface area contributed by atoms with E-state index in [0.717, 1.165) is 10.6 Å². The van der Waals surface area contributed by atoms with Crippen molar-refractivity contribution < 1.29 is 4.79 Å². The van der Waals surface area contributed by atoms with Gasteiger partial charge in [0.15, 0.2) is 0 Å². The summed E-state index contributed by atoms with van der Waals surface area (Å²) < 4.78 is 0. The van der Waals surface area contributed by atoms with Crippen LogP contribution < -0.4 is 5.32 Å². The number of anilines is 1. The van der Waals surface area contributed by atoms with Gasteiger partial charge in [-0.1, -0.05) is 0 Å². The number of hydrogen-bond acceptors (Lipinski definition) is 6. The molecule has 0 unspecified atom stereocenters. The van der Waals surface area contributed by atoms with E-state index in [0.29, 0.717) is 11.4 Å². The number of benzene rings is 1. The van der Waals surface area contributed by atoms with Crippen molar-refractivity contribution in [2.45, 2.75) is 0 Å². The molecule has 2 heterocycles. The number of nitrogens with one attached hydrogen (secondary N) is 1. The van der Waals surface area contributed by atoms with Crippen LogP contribution in [-0.2, 0) is 0 Å². The van der Waals surface area contributed by atoms with Gasteiger partial charge in [0.25, 0.3) is 5.91 Å². The third-order valence-corrected chi connectivity index (χ3v) is 4.60. The molecule has 1 N–H and O–H groups in total. The highest BCUT2D eigenvalue weighted by atomic mass is 32.1. The number of carbonyl (C=O) groups is 1. The van der Waals surface area contributed by atoms with Crippen LogP contribution in [0.1, 0.15) is 21.6 Å². The standard InChI is InChI=1S/C16H8N4OS2/c17-6-10-1-2-13(5-12(10)7-18)19-15(21)14-9-23-16(20-14)11-3-4-22-8-11/h1-5,8-9H,(H,19,21). The first-order valence-electron chi connectivity index (χ1n) is 6.45. The number of hydrogen-bond donors (Lipinski definition) is 1. The molecular weight excluding hydrogens is 328 g/mol. The molecule has 0 saturated carbocycles. The van der Waals surface area contributed by atoms with E-state index >= 15 is 0 Å². The first kappa shape index (κ1) is 14.9. The molecule has 0 aliphatic heterocycles. The molecule has 0 aliphatic carbocycles. The molecule has 0 saturated heterocycles. The van der Waals surface area contributed by atoms with Crippen molar-refractivity contribution in [2.24, 2.45) is 0 Å². The van der Waals surface area contributed by atoms with E-state index in [1.54, 1.807) is 22.8 Å². The fourth-order valence-corrected chi connectivity index (χ4v) is 3.42. The number of carbonyl (C=O) groups excluding carboxylic acids is 1. The number of amides is 1. The van der Waals surface area contributed by atoms with Crippen LogP contribution in [0.3, 0.4) is 0 Å². The summed E-state index contributed by atoms with van der Waals surface area (Å²) in [5.41, 5.74) is 2.26. The molecule has 3 rings (SSSR count). The first-order chi connectivity index (χ1) is 11.2. The van der Waals surface area contributed by atoms with Crippen molar-refractivity contribution in [3.05, 3.63) is 57.2 Å². The predicted octanol–water partition coefficient (Wildman–Crippen LogP) is 3.87. The van der Waals surface area contributed by atoms with Crippen LogP contribution in [0.4, 0.5) is 5.69 Å². The second-order valence-electron chi connectivity index (χ2n) is 4.49. The van der Waals surface area contributed by atoms with Gasteiger partial charge >= 0.3 is 0 Å². The molecule has 23 heavy (non-hydrogen) atoms. The highest BCUT2D eigenvalue weighted by Gasteiger charge is 2.13. The molecule has 0 spiro atoms. The van der Waals surface area contributed by atoms with E-state index < -0.39 is 0 Å². The van der Waals surface area contributed by atoms with E-state index in [4.69, 9.17) is 10.5 Å². The minimum atomic E-state index is -0.351. The van der Waals surface area contributed by atoms with E-state index in [-0.39, 0.29) is 17.0 Å². The summed E-state index contributed by atoms with van der Waals surface area (Å²) in [6.45, 7) is 0. The number of thiazole rings is 1. The van der Waals surface area contributed by atoms with Crippen LogP contribution in [0, 0.1) is 22.7 Å². The molecule has 0 aliphatic rings. The van der Waals surface area contributed by atoms with Crippen LogP contribution in [0.15, 0.2) is 40.4 Å². The van der Waals surface area contributed by atoms with Gasteiger partial charge in [-0.25, -0.2) is 4.98 Å². The Hall–Kier alpha value is -3.00. The maximum Gasteiger partial charge on any atom is 0.275 e. The van der Waals surface area contributed by atoms with E-state index in [9.17, 15) is 4.79 Å².